The molecule has 0 unspecified atom stereocenters. The summed E-state index contributed by atoms with van der Waals surface area (Å²) in [6.07, 6.45) is 1.68. The number of nitrogens with one attached hydrogen (secondary N) is 1. The van der Waals surface area contributed by atoms with Crippen molar-refractivity contribution in [2.45, 2.75) is 13.5 Å². The van der Waals surface area contributed by atoms with Gasteiger partial charge in [0.05, 0.1) is 11.4 Å². The zero-order chi connectivity index (χ0) is 14.4. The molecule has 20 heavy (non-hydrogen) atoms. The Morgan fingerprint density at radius 2 is 2.05 bits per heavy atom. The Kier molecular flexibility index (Phi) is 4.68. The molecule has 0 saturated carbocycles. The van der Waals surface area contributed by atoms with Crippen molar-refractivity contribution in [3.8, 4) is 5.75 Å². The first-order valence-electron chi connectivity index (χ1n) is 6.32. The van der Waals surface area contributed by atoms with Crippen LogP contribution in [-0.2, 0) is 11.3 Å². The number of amides is 1. The summed E-state index contributed by atoms with van der Waals surface area (Å²) in [6.45, 7) is 2.28. The van der Waals surface area contributed by atoms with Crippen LogP contribution < -0.4 is 15.8 Å². The molecule has 0 spiro atoms. The van der Waals surface area contributed by atoms with Crippen LogP contribution in [0.15, 0.2) is 42.6 Å². The van der Waals surface area contributed by atoms with Gasteiger partial charge in [0.1, 0.15) is 5.75 Å². The van der Waals surface area contributed by atoms with E-state index < -0.39 is 0 Å². The molecule has 1 aromatic carbocycles. The Labute approximate surface area is 117 Å². The highest BCUT2D eigenvalue weighted by Crippen LogP contribution is 2.13. The summed E-state index contributed by atoms with van der Waals surface area (Å²) in [4.78, 5) is 15.9. The van der Waals surface area contributed by atoms with Crippen molar-refractivity contribution in [2.24, 2.45) is 5.73 Å². The number of pyridine rings is 1. The van der Waals surface area contributed by atoms with Gasteiger partial charge in [-0.3, -0.25) is 9.78 Å². The van der Waals surface area contributed by atoms with Gasteiger partial charge in [0.25, 0.3) is 5.91 Å². The minimum Gasteiger partial charge on any atom is -0.484 e. The summed E-state index contributed by atoms with van der Waals surface area (Å²) < 4.78 is 5.41. The van der Waals surface area contributed by atoms with Gasteiger partial charge >= 0.3 is 0 Å². The number of aryl methyl sites for hydroxylation is 1. The molecule has 1 aromatic heterocycles. The molecule has 0 aliphatic carbocycles. The molecule has 1 heterocycles. The molecular formula is C15H17N3O2. The predicted molar refractivity (Wildman–Crippen MR) is 77.4 cm³/mol. The lowest BCUT2D eigenvalue weighted by Crippen LogP contribution is -2.20. The summed E-state index contributed by atoms with van der Waals surface area (Å²) in [6, 6.07) is 10.9. The molecule has 0 fully saturated rings. The van der Waals surface area contributed by atoms with Crippen molar-refractivity contribution >= 4 is 11.6 Å². The van der Waals surface area contributed by atoms with Crippen LogP contribution in [-0.4, -0.2) is 17.5 Å². The molecule has 5 nitrogen and oxygen atoms in total. The average molecular weight is 271 g/mol. The molecule has 0 atom stereocenters. The van der Waals surface area contributed by atoms with Gasteiger partial charge in [-0.15, -0.1) is 0 Å². The predicted octanol–water partition coefficient (Wildman–Crippen LogP) is 1.87. The quantitative estimate of drug-likeness (QED) is 0.870. The van der Waals surface area contributed by atoms with Crippen molar-refractivity contribution in [3.05, 3.63) is 53.9 Å². The molecule has 0 aliphatic rings. The number of nitrogens with zero attached hydrogens (tertiary/aromatic N) is 1. The summed E-state index contributed by atoms with van der Waals surface area (Å²) in [5.41, 5.74) is 8.00. The van der Waals surface area contributed by atoms with Crippen molar-refractivity contribution in [1.29, 1.82) is 0 Å². The van der Waals surface area contributed by atoms with Crippen LogP contribution in [0.3, 0.4) is 0 Å². The number of carbonyl (C=O) groups is 1. The topological polar surface area (TPSA) is 77.2 Å². The van der Waals surface area contributed by atoms with E-state index in [0.29, 0.717) is 18.0 Å². The number of rotatable bonds is 5. The van der Waals surface area contributed by atoms with Gasteiger partial charge in [-0.1, -0.05) is 12.1 Å². The first kappa shape index (κ1) is 14.0. The number of hydrogen-bond acceptors (Lipinski definition) is 4. The molecule has 2 aromatic rings. The minimum atomic E-state index is -0.219. The first-order chi connectivity index (χ1) is 9.69. The maximum atomic E-state index is 11.8. The number of carbonyl (C=O) groups excluding carboxylic acids is 1. The van der Waals surface area contributed by atoms with E-state index >= 15 is 0 Å². The summed E-state index contributed by atoms with van der Waals surface area (Å²) in [5, 5.41) is 2.76. The molecule has 104 valence electrons. The fraction of sp³-hybridized carbons (Fsp3) is 0.200. The van der Waals surface area contributed by atoms with Gasteiger partial charge in [0.2, 0.25) is 0 Å². The number of aromatic nitrogens is 1. The minimum absolute atomic E-state index is 0.0453. The number of anilines is 1. The third-order valence-corrected chi connectivity index (χ3v) is 2.81. The number of nitrogens with two attached hydrogens (primary N) is 1. The molecule has 3 N–H and O–H groups in total. The van der Waals surface area contributed by atoms with E-state index in [9.17, 15) is 4.79 Å². The second-order valence-electron chi connectivity index (χ2n) is 4.32. The Bertz CT molecular complexity index is 582. The molecule has 1 amide bonds. The van der Waals surface area contributed by atoms with E-state index in [0.717, 1.165) is 11.3 Å². The zero-order valence-electron chi connectivity index (χ0n) is 11.3. The van der Waals surface area contributed by atoms with E-state index in [1.54, 1.807) is 30.5 Å². The highest BCUT2D eigenvalue weighted by atomic mass is 16.5. The van der Waals surface area contributed by atoms with E-state index in [-0.39, 0.29) is 12.5 Å². The summed E-state index contributed by atoms with van der Waals surface area (Å²) in [7, 11) is 0. The lowest BCUT2D eigenvalue weighted by atomic mass is 10.2. The number of hydrogen-bond donors (Lipinski definition) is 2. The fourth-order valence-corrected chi connectivity index (χ4v) is 1.67. The smallest absolute Gasteiger partial charge is 0.262 e. The van der Waals surface area contributed by atoms with Crippen LogP contribution in [0.5, 0.6) is 5.75 Å². The number of ether oxygens (including phenoxy) is 1. The summed E-state index contributed by atoms with van der Waals surface area (Å²) in [5.74, 6) is 0.421. The zero-order valence-corrected chi connectivity index (χ0v) is 11.3. The largest absolute Gasteiger partial charge is 0.484 e. The molecule has 2 rings (SSSR count). The molecule has 5 heteroatoms. The van der Waals surface area contributed by atoms with Crippen LogP contribution in [0.2, 0.25) is 0 Å². The molecule has 0 saturated heterocycles. The Morgan fingerprint density at radius 1 is 1.30 bits per heavy atom. The first-order valence-corrected chi connectivity index (χ1v) is 6.32. The fourth-order valence-electron chi connectivity index (χ4n) is 1.67. The molecular weight excluding hydrogens is 254 g/mol. The van der Waals surface area contributed by atoms with E-state index in [4.69, 9.17) is 10.5 Å². The van der Waals surface area contributed by atoms with Crippen LogP contribution in [0, 0.1) is 6.92 Å². The maximum absolute atomic E-state index is 11.8. The highest BCUT2D eigenvalue weighted by Gasteiger charge is 2.05. The van der Waals surface area contributed by atoms with Crippen molar-refractivity contribution in [2.75, 3.05) is 11.9 Å². The third kappa shape index (κ3) is 3.80. The normalized spacial score (nSPS) is 10.1. The second-order valence-corrected chi connectivity index (χ2v) is 4.32. The van der Waals surface area contributed by atoms with Gasteiger partial charge < -0.3 is 15.8 Å². The Hall–Kier alpha value is -2.40. The summed E-state index contributed by atoms with van der Waals surface area (Å²) >= 11 is 0. The van der Waals surface area contributed by atoms with E-state index in [2.05, 4.69) is 10.3 Å². The highest BCUT2D eigenvalue weighted by molar-refractivity contribution is 5.92. The van der Waals surface area contributed by atoms with Crippen molar-refractivity contribution < 1.29 is 9.53 Å². The molecule has 0 aliphatic heterocycles. The Morgan fingerprint density at radius 3 is 2.70 bits per heavy atom. The van der Waals surface area contributed by atoms with Gasteiger partial charge in [0.15, 0.2) is 6.61 Å². The van der Waals surface area contributed by atoms with Crippen LogP contribution in [0.4, 0.5) is 5.69 Å². The lowest BCUT2D eigenvalue weighted by Gasteiger charge is -2.09. The maximum Gasteiger partial charge on any atom is 0.262 e. The van der Waals surface area contributed by atoms with Gasteiger partial charge in [0, 0.05) is 12.7 Å². The number of benzene rings is 1. The van der Waals surface area contributed by atoms with Crippen LogP contribution in [0.25, 0.3) is 0 Å². The average Bonchev–Trinajstić information content (AvgIpc) is 2.48. The van der Waals surface area contributed by atoms with Crippen LogP contribution >= 0.6 is 0 Å². The van der Waals surface area contributed by atoms with Crippen LogP contribution in [0.1, 0.15) is 11.3 Å². The Balaban J connectivity index is 1.87. The molecule has 0 bridgehead atoms. The van der Waals surface area contributed by atoms with Crippen molar-refractivity contribution in [3.63, 3.8) is 0 Å². The monoisotopic (exact) mass is 271 g/mol. The lowest BCUT2D eigenvalue weighted by molar-refractivity contribution is -0.118. The van der Waals surface area contributed by atoms with E-state index in [1.807, 2.05) is 19.1 Å². The third-order valence-electron chi connectivity index (χ3n) is 2.81. The van der Waals surface area contributed by atoms with Gasteiger partial charge in [-0.05, 0) is 36.8 Å². The van der Waals surface area contributed by atoms with Gasteiger partial charge in [-0.25, -0.2) is 0 Å². The van der Waals surface area contributed by atoms with E-state index in [1.165, 1.54) is 0 Å². The van der Waals surface area contributed by atoms with Crippen molar-refractivity contribution in [1.82, 2.24) is 4.98 Å². The standard InChI is InChI=1S/C15H17N3O2/c1-11-14(3-2-8-17-11)18-15(19)10-20-13-6-4-12(9-16)5-7-13/h2-8H,9-10,16H2,1H3,(H,18,19). The molecule has 0 radical (unpaired) electrons. The van der Waals surface area contributed by atoms with Gasteiger partial charge in [-0.2, -0.15) is 0 Å². The second kappa shape index (κ2) is 6.68. The SMILES string of the molecule is Cc1ncccc1NC(=O)COc1ccc(CN)cc1.